The van der Waals surface area contributed by atoms with Gasteiger partial charge in [0.1, 0.15) is 5.82 Å². The molecule has 1 aliphatic rings. The fourth-order valence-electron chi connectivity index (χ4n) is 3.82. The van der Waals surface area contributed by atoms with Gasteiger partial charge >= 0.3 is 0 Å². The summed E-state index contributed by atoms with van der Waals surface area (Å²) in [5, 5.41) is 0. The lowest BCUT2D eigenvalue weighted by atomic mass is 9.95. The summed E-state index contributed by atoms with van der Waals surface area (Å²) in [5.74, 6) is -0.475. The highest BCUT2D eigenvalue weighted by molar-refractivity contribution is 5.82. The highest BCUT2D eigenvalue weighted by Gasteiger charge is 2.31. The normalized spacial score (nSPS) is 17.3. The molecule has 0 aromatic heterocycles. The predicted octanol–water partition coefficient (Wildman–Crippen LogP) is 2.69. The minimum Gasteiger partial charge on any atom is -0.341 e. The number of benzene rings is 2. The molecular formula is C23H28FN3O2. The molecule has 3 rings (SSSR count). The van der Waals surface area contributed by atoms with Gasteiger partial charge in [0.15, 0.2) is 0 Å². The Morgan fingerprint density at radius 2 is 1.86 bits per heavy atom. The van der Waals surface area contributed by atoms with E-state index in [-0.39, 0.29) is 23.5 Å². The molecular weight excluding hydrogens is 369 g/mol. The van der Waals surface area contributed by atoms with Gasteiger partial charge in [0.2, 0.25) is 11.8 Å². The maximum Gasteiger partial charge on any atom is 0.227 e. The molecule has 2 aromatic rings. The molecule has 0 bridgehead atoms. The van der Waals surface area contributed by atoms with Crippen LogP contribution in [0.5, 0.6) is 0 Å². The lowest BCUT2D eigenvalue weighted by Crippen LogP contribution is -2.38. The maximum atomic E-state index is 14.0. The SMILES string of the molecule is CCN1CCN(C(=O)CCN)CC(Cc2ccc(-c3ccccc3F)cc2)C1=O. The van der Waals surface area contributed by atoms with Gasteiger partial charge in [-0.25, -0.2) is 4.39 Å². The highest BCUT2D eigenvalue weighted by atomic mass is 19.1. The van der Waals surface area contributed by atoms with E-state index in [0.29, 0.717) is 51.1 Å². The van der Waals surface area contributed by atoms with Crippen molar-refractivity contribution in [2.24, 2.45) is 11.7 Å². The molecule has 2 N–H and O–H groups in total. The Morgan fingerprint density at radius 1 is 1.14 bits per heavy atom. The number of carbonyl (C=O) groups excluding carboxylic acids is 2. The standard InChI is InChI=1S/C23H28FN3O2/c1-2-26-13-14-27(22(28)11-12-25)16-19(23(26)29)15-17-7-9-18(10-8-17)20-5-3-4-6-21(20)24/h3-10,19H,2,11-16,25H2,1H3. The molecule has 2 amide bonds. The van der Waals surface area contributed by atoms with Crippen LogP contribution >= 0.6 is 0 Å². The number of nitrogens with zero attached hydrogens (tertiary/aromatic N) is 2. The summed E-state index contributed by atoms with van der Waals surface area (Å²) in [6.45, 7) is 4.39. The molecule has 1 unspecified atom stereocenters. The summed E-state index contributed by atoms with van der Waals surface area (Å²) in [6.07, 6.45) is 0.837. The van der Waals surface area contributed by atoms with E-state index in [9.17, 15) is 14.0 Å². The summed E-state index contributed by atoms with van der Waals surface area (Å²) in [6, 6.07) is 14.3. The molecule has 0 aliphatic carbocycles. The monoisotopic (exact) mass is 397 g/mol. The molecule has 154 valence electrons. The first kappa shape index (κ1) is 21.0. The molecule has 29 heavy (non-hydrogen) atoms. The van der Waals surface area contributed by atoms with E-state index in [0.717, 1.165) is 11.1 Å². The van der Waals surface area contributed by atoms with E-state index < -0.39 is 0 Å². The van der Waals surface area contributed by atoms with Crippen LogP contribution in [-0.2, 0) is 16.0 Å². The Morgan fingerprint density at radius 3 is 2.52 bits per heavy atom. The van der Waals surface area contributed by atoms with Crippen molar-refractivity contribution in [2.75, 3.05) is 32.7 Å². The van der Waals surface area contributed by atoms with E-state index >= 15 is 0 Å². The molecule has 2 aromatic carbocycles. The summed E-state index contributed by atoms with van der Waals surface area (Å²) >= 11 is 0. The minimum atomic E-state index is -0.293. The third-order valence-corrected chi connectivity index (χ3v) is 5.46. The molecule has 0 spiro atoms. The van der Waals surface area contributed by atoms with E-state index in [1.165, 1.54) is 6.07 Å². The predicted molar refractivity (Wildman–Crippen MR) is 112 cm³/mol. The van der Waals surface area contributed by atoms with Gasteiger partial charge in [-0.2, -0.15) is 0 Å². The first-order valence-corrected chi connectivity index (χ1v) is 10.1. The lowest BCUT2D eigenvalue weighted by molar-refractivity contribution is -0.134. The lowest BCUT2D eigenvalue weighted by Gasteiger charge is -2.23. The van der Waals surface area contributed by atoms with E-state index in [4.69, 9.17) is 5.73 Å². The van der Waals surface area contributed by atoms with Crippen molar-refractivity contribution >= 4 is 11.8 Å². The van der Waals surface area contributed by atoms with Crippen molar-refractivity contribution in [3.05, 3.63) is 59.9 Å². The van der Waals surface area contributed by atoms with Crippen LogP contribution in [0.15, 0.2) is 48.5 Å². The molecule has 5 nitrogen and oxygen atoms in total. The number of rotatable bonds is 6. The number of halogens is 1. The van der Waals surface area contributed by atoms with Crippen molar-refractivity contribution in [1.29, 1.82) is 0 Å². The first-order valence-electron chi connectivity index (χ1n) is 10.1. The van der Waals surface area contributed by atoms with Crippen molar-refractivity contribution in [3.63, 3.8) is 0 Å². The van der Waals surface area contributed by atoms with Gasteiger partial charge in [-0.3, -0.25) is 9.59 Å². The average molecular weight is 397 g/mol. The molecule has 6 heteroatoms. The topological polar surface area (TPSA) is 66.6 Å². The Bertz CT molecular complexity index is 853. The minimum absolute atomic E-state index is 0.00171. The van der Waals surface area contributed by atoms with Gasteiger partial charge in [0.05, 0.1) is 5.92 Å². The van der Waals surface area contributed by atoms with Crippen molar-refractivity contribution < 1.29 is 14.0 Å². The zero-order chi connectivity index (χ0) is 20.8. The number of likely N-dealkylation sites (N-methyl/N-ethyl adjacent to an activating group) is 1. The Balaban J connectivity index is 1.77. The zero-order valence-corrected chi connectivity index (χ0v) is 16.8. The van der Waals surface area contributed by atoms with Gasteiger partial charge in [0, 0.05) is 44.7 Å². The van der Waals surface area contributed by atoms with Crippen molar-refractivity contribution in [1.82, 2.24) is 9.80 Å². The summed E-state index contributed by atoms with van der Waals surface area (Å²) in [7, 11) is 0. The first-order chi connectivity index (χ1) is 14.0. The van der Waals surface area contributed by atoms with Crippen LogP contribution in [0.1, 0.15) is 18.9 Å². The molecule has 1 heterocycles. The third-order valence-electron chi connectivity index (χ3n) is 5.46. The zero-order valence-electron chi connectivity index (χ0n) is 16.8. The van der Waals surface area contributed by atoms with Crippen LogP contribution in [0, 0.1) is 11.7 Å². The molecule has 1 saturated heterocycles. The van der Waals surface area contributed by atoms with E-state index in [2.05, 4.69) is 0 Å². The van der Waals surface area contributed by atoms with Crippen LogP contribution < -0.4 is 5.73 Å². The number of hydrogen-bond acceptors (Lipinski definition) is 3. The van der Waals surface area contributed by atoms with Crippen molar-refractivity contribution in [2.45, 2.75) is 19.8 Å². The highest BCUT2D eigenvalue weighted by Crippen LogP contribution is 2.24. The van der Waals surface area contributed by atoms with E-state index in [1.807, 2.05) is 42.2 Å². The Kier molecular flexibility index (Phi) is 6.99. The Hall–Kier alpha value is -2.73. The van der Waals surface area contributed by atoms with Crippen LogP contribution in [0.2, 0.25) is 0 Å². The maximum absolute atomic E-state index is 14.0. The fraction of sp³-hybridized carbons (Fsp3) is 0.391. The van der Waals surface area contributed by atoms with Gasteiger partial charge in [-0.05, 0) is 30.5 Å². The number of carbonyl (C=O) groups is 2. The van der Waals surface area contributed by atoms with Gasteiger partial charge in [-0.1, -0.05) is 42.5 Å². The summed E-state index contributed by atoms with van der Waals surface area (Å²) in [5.41, 5.74) is 7.88. The van der Waals surface area contributed by atoms with Gasteiger partial charge in [-0.15, -0.1) is 0 Å². The fourth-order valence-corrected chi connectivity index (χ4v) is 3.82. The van der Waals surface area contributed by atoms with Gasteiger partial charge < -0.3 is 15.5 Å². The second kappa shape index (κ2) is 9.65. The molecule has 1 fully saturated rings. The van der Waals surface area contributed by atoms with Crippen LogP contribution in [0.25, 0.3) is 11.1 Å². The molecule has 1 aliphatic heterocycles. The van der Waals surface area contributed by atoms with Crippen LogP contribution in [0.3, 0.4) is 0 Å². The van der Waals surface area contributed by atoms with Crippen LogP contribution in [0.4, 0.5) is 4.39 Å². The molecule has 0 saturated carbocycles. The van der Waals surface area contributed by atoms with Crippen LogP contribution in [-0.4, -0.2) is 54.3 Å². The second-order valence-corrected chi connectivity index (χ2v) is 7.37. The molecule has 1 atom stereocenters. The Labute approximate surface area is 171 Å². The number of nitrogens with two attached hydrogens (primary N) is 1. The molecule has 0 radical (unpaired) electrons. The largest absolute Gasteiger partial charge is 0.341 e. The summed E-state index contributed by atoms with van der Waals surface area (Å²) in [4.78, 5) is 28.9. The number of hydrogen-bond donors (Lipinski definition) is 1. The average Bonchev–Trinajstić information content (AvgIpc) is 2.88. The summed E-state index contributed by atoms with van der Waals surface area (Å²) < 4.78 is 14.0. The smallest absolute Gasteiger partial charge is 0.227 e. The second-order valence-electron chi connectivity index (χ2n) is 7.37. The third kappa shape index (κ3) is 5.01. The van der Waals surface area contributed by atoms with Crippen molar-refractivity contribution in [3.8, 4) is 11.1 Å². The quantitative estimate of drug-likeness (QED) is 0.815. The van der Waals surface area contributed by atoms with E-state index in [1.54, 1.807) is 17.0 Å². The van der Waals surface area contributed by atoms with Gasteiger partial charge in [0.25, 0.3) is 0 Å². The number of amides is 2.